The van der Waals surface area contributed by atoms with Gasteiger partial charge in [0.2, 0.25) is 5.91 Å². The second kappa shape index (κ2) is 4.60. The molecule has 1 N–H and O–H groups in total. The van der Waals surface area contributed by atoms with Gasteiger partial charge in [-0.05, 0) is 18.6 Å². The lowest BCUT2D eigenvalue weighted by molar-refractivity contribution is -0.121. The number of amides is 2. The Bertz CT molecular complexity index is 537. The Balaban J connectivity index is 2.52. The van der Waals surface area contributed by atoms with E-state index in [-0.39, 0.29) is 30.6 Å². The van der Waals surface area contributed by atoms with E-state index in [0.29, 0.717) is 11.3 Å². The molecule has 2 amide bonds. The number of Topliss-reactive ketones (excluding diaryl/α,β-unsaturated/α-hetero) is 1. The van der Waals surface area contributed by atoms with Gasteiger partial charge in [-0.3, -0.25) is 14.4 Å². The lowest BCUT2D eigenvalue weighted by Gasteiger charge is -2.20. The van der Waals surface area contributed by atoms with Crippen LogP contribution in [0.15, 0.2) is 18.2 Å². The van der Waals surface area contributed by atoms with E-state index >= 15 is 0 Å². The maximum Gasteiger partial charge on any atom is 0.253 e. The molecule has 5 nitrogen and oxygen atoms in total. The number of para-hydroxylation sites is 1. The third-order valence-corrected chi connectivity index (χ3v) is 2.96. The van der Waals surface area contributed by atoms with Crippen molar-refractivity contribution in [2.75, 3.05) is 18.5 Å². The molecule has 2 rings (SSSR count). The van der Waals surface area contributed by atoms with Crippen LogP contribution in [0.1, 0.15) is 22.3 Å². The highest BCUT2D eigenvalue weighted by molar-refractivity contribution is 6.17. The van der Waals surface area contributed by atoms with Crippen LogP contribution in [0.4, 0.5) is 5.69 Å². The number of ketones is 1. The summed E-state index contributed by atoms with van der Waals surface area (Å²) in [6.45, 7) is 1.87. The molecule has 1 aliphatic rings. The van der Waals surface area contributed by atoms with Crippen LogP contribution in [0.2, 0.25) is 0 Å². The molecule has 0 spiro atoms. The molecule has 1 aromatic carbocycles. The number of carbonyl (C=O) groups excluding carboxylic acids is 3. The van der Waals surface area contributed by atoms with E-state index in [2.05, 4.69) is 5.32 Å². The Kier molecular flexibility index (Phi) is 3.14. The molecule has 18 heavy (non-hydrogen) atoms. The number of nitrogens with zero attached hydrogens (tertiary/aromatic N) is 1. The van der Waals surface area contributed by atoms with Crippen molar-refractivity contribution in [3.8, 4) is 0 Å². The van der Waals surface area contributed by atoms with E-state index in [9.17, 15) is 14.4 Å². The number of hydrogen-bond donors (Lipinski definition) is 1. The summed E-state index contributed by atoms with van der Waals surface area (Å²) < 4.78 is 0. The summed E-state index contributed by atoms with van der Waals surface area (Å²) in [5.74, 6) is -0.633. The molecule has 5 heteroatoms. The summed E-state index contributed by atoms with van der Waals surface area (Å²) >= 11 is 0. The van der Waals surface area contributed by atoms with E-state index in [4.69, 9.17) is 0 Å². The van der Waals surface area contributed by atoms with Gasteiger partial charge in [0.25, 0.3) is 5.91 Å². The molecule has 1 heterocycles. The first-order chi connectivity index (χ1) is 8.54. The first-order valence-corrected chi connectivity index (χ1v) is 5.68. The standard InChI is InChI=1S/C13H14N2O3/c1-8-4-3-5-10(13(18)14-2)12(8)15-7-9(16)6-11(15)17/h3-5H,6-7H2,1-2H3,(H,14,18). The lowest BCUT2D eigenvalue weighted by Crippen LogP contribution is -2.29. The molecule has 0 aliphatic carbocycles. The number of rotatable bonds is 2. The Morgan fingerprint density at radius 2 is 2.06 bits per heavy atom. The van der Waals surface area contributed by atoms with Gasteiger partial charge in [-0.15, -0.1) is 0 Å². The highest BCUT2D eigenvalue weighted by Crippen LogP contribution is 2.28. The molecule has 1 aliphatic heterocycles. The molecule has 0 radical (unpaired) electrons. The maximum atomic E-state index is 11.8. The van der Waals surface area contributed by atoms with Crippen LogP contribution in [-0.4, -0.2) is 31.2 Å². The van der Waals surface area contributed by atoms with Crippen LogP contribution in [0.3, 0.4) is 0 Å². The van der Waals surface area contributed by atoms with Crippen molar-refractivity contribution < 1.29 is 14.4 Å². The minimum atomic E-state index is -0.263. The van der Waals surface area contributed by atoms with Gasteiger partial charge in [-0.1, -0.05) is 12.1 Å². The van der Waals surface area contributed by atoms with Crippen LogP contribution in [0.5, 0.6) is 0 Å². The summed E-state index contributed by atoms with van der Waals surface area (Å²) in [7, 11) is 1.53. The highest BCUT2D eigenvalue weighted by Gasteiger charge is 2.31. The molecule has 94 valence electrons. The minimum Gasteiger partial charge on any atom is -0.355 e. The molecular formula is C13H14N2O3. The molecule has 0 unspecified atom stereocenters. The predicted molar refractivity (Wildman–Crippen MR) is 66.5 cm³/mol. The number of hydrogen-bond acceptors (Lipinski definition) is 3. The largest absolute Gasteiger partial charge is 0.355 e. The number of benzene rings is 1. The van der Waals surface area contributed by atoms with E-state index < -0.39 is 0 Å². The van der Waals surface area contributed by atoms with Gasteiger partial charge in [-0.25, -0.2) is 0 Å². The fourth-order valence-electron chi connectivity index (χ4n) is 2.12. The van der Waals surface area contributed by atoms with E-state index in [0.717, 1.165) is 5.56 Å². The Morgan fingerprint density at radius 3 is 2.61 bits per heavy atom. The van der Waals surface area contributed by atoms with Gasteiger partial charge in [0, 0.05) is 7.05 Å². The minimum absolute atomic E-state index is 0.0493. The van der Waals surface area contributed by atoms with E-state index in [1.807, 2.05) is 13.0 Å². The number of aryl methyl sites for hydroxylation is 1. The van der Waals surface area contributed by atoms with Crippen molar-refractivity contribution in [3.63, 3.8) is 0 Å². The third kappa shape index (κ3) is 1.99. The SMILES string of the molecule is CNC(=O)c1cccc(C)c1N1CC(=O)CC1=O. The molecule has 0 atom stereocenters. The van der Waals surface area contributed by atoms with Gasteiger partial charge in [0.1, 0.15) is 0 Å². The second-order valence-electron chi connectivity index (χ2n) is 4.25. The normalized spacial score (nSPS) is 15.1. The van der Waals surface area contributed by atoms with Crippen molar-refractivity contribution in [2.45, 2.75) is 13.3 Å². The Hall–Kier alpha value is -2.17. The summed E-state index contributed by atoms with van der Waals surface area (Å²) in [6, 6.07) is 5.22. The van der Waals surface area contributed by atoms with Gasteiger partial charge < -0.3 is 10.2 Å². The highest BCUT2D eigenvalue weighted by atomic mass is 16.2. The van der Waals surface area contributed by atoms with E-state index in [1.165, 1.54) is 11.9 Å². The van der Waals surface area contributed by atoms with E-state index in [1.54, 1.807) is 12.1 Å². The van der Waals surface area contributed by atoms with Gasteiger partial charge in [-0.2, -0.15) is 0 Å². The van der Waals surface area contributed by atoms with Crippen LogP contribution in [-0.2, 0) is 9.59 Å². The third-order valence-electron chi connectivity index (χ3n) is 2.96. The topological polar surface area (TPSA) is 66.5 Å². The van der Waals surface area contributed by atoms with Crippen molar-refractivity contribution >= 4 is 23.3 Å². The fourth-order valence-corrected chi connectivity index (χ4v) is 2.12. The molecule has 1 aromatic rings. The van der Waals surface area contributed by atoms with Crippen molar-refractivity contribution in [3.05, 3.63) is 29.3 Å². The molecule has 1 fully saturated rings. The van der Waals surface area contributed by atoms with Crippen LogP contribution < -0.4 is 10.2 Å². The Morgan fingerprint density at radius 1 is 1.33 bits per heavy atom. The number of carbonyl (C=O) groups is 3. The predicted octanol–water partition coefficient (Wildman–Crippen LogP) is 0.660. The molecule has 0 aromatic heterocycles. The van der Waals surface area contributed by atoms with Gasteiger partial charge in [0.05, 0.1) is 24.2 Å². The average Bonchev–Trinajstić information content (AvgIpc) is 2.67. The number of nitrogens with one attached hydrogen (secondary N) is 1. The summed E-state index contributed by atoms with van der Waals surface area (Å²) in [5.41, 5.74) is 1.76. The zero-order valence-corrected chi connectivity index (χ0v) is 10.3. The molecular weight excluding hydrogens is 232 g/mol. The summed E-state index contributed by atoms with van der Waals surface area (Å²) in [6.07, 6.45) is -0.0818. The Labute approximate surface area is 105 Å². The zero-order valence-electron chi connectivity index (χ0n) is 10.3. The number of anilines is 1. The molecule has 0 bridgehead atoms. The van der Waals surface area contributed by atoms with Crippen molar-refractivity contribution in [1.29, 1.82) is 0 Å². The van der Waals surface area contributed by atoms with Crippen molar-refractivity contribution in [1.82, 2.24) is 5.32 Å². The first-order valence-electron chi connectivity index (χ1n) is 5.68. The fraction of sp³-hybridized carbons (Fsp3) is 0.308. The average molecular weight is 246 g/mol. The maximum absolute atomic E-state index is 11.8. The van der Waals surface area contributed by atoms with Crippen molar-refractivity contribution in [2.24, 2.45) is 0 Å². The monoisotopic (exact) mass is 246 g/mol. The second-order valence-corrected chi connectivity index (χ2v) is 4.25. The summed E-state index contributed by atoms with van der Waals surface area (Å²) in [4.78, 5) is 36.3. The van der Waals surface area contributed by atoms with Crippen LogP contribution >= 0.6 is 0 Å². The van der Waals surface area contributed by atoms with Gasteiger partial charge in [0.15, 0.2) is 5.78 Å². The quantitative estimate of drug-likeness (QED) is 0.779. The smallest absolute Gasteiger partial charge is 0.253 e. The zero-order chi connectivity index (χ0) is 13.3. The molecule has 0 saturated carbocycles. The van der Waals surface area contributed by atoms with Crippen LogP contribution in [0.25, 0.3) is 0 Å². The summed E-state index contributed by atoms with van der Waals surface area (Å²) in [5, 5.41) is 2.54. The lowest BCUT2D eigenvalue weighted by atomic mass is 10.1. The molecule has 1 saturated heterocycles. The van der Waals surface area contributed by atoms with Gasteiger partial charge >= 0.3 is 0 Å². The van der Waals surface area contributed by atoms with Crippen LogP contribution in [0, 0.1) is 6.92 Å². The first kappa shape index (κ1) is 12.3.